The zero-order valence-corrected chi connectivity index (χ0v) is 17.2. The number of aryl methyl sites for hydroxylation is 1. The molecular weight excluding hydrogens is 394 g/mol. The number of rotatable bonds is 5. The van der Waals surface area contributed by atoms with Gasteiger partial charge in [-0.15, -0.1) is 11.3 Å². The number of piperazine rings is 1. The van der Waals surface area contributed by atoms with Gasteiger partial charge in [-0.25, -0.2) is 9.97 Å². The van der Waals surface area contributed by atoms with Crippen molar-refractivity contribution in [3.63, 3.8) is 0 Å². The van der Waals surface area contributed by atoms with Gasteiger partial charge in [0.05, 0.1) is 30.6 Å². The van der Waals surface area contributed by atoms with Crippen LogP contribution in [0.25, 0.3) is 10.2 Å². The quantitative estimate of drug-likeness (QED) is 0.463. The largest absolute Gasteiger partial charge is 0.493 e. The van der Waals surface area contributed by atoms with E-state index in [1.165, 1.54) is 25.2 Å². The number of ether oxygens (including phenoxy) is 2. The molecule has 0 bridgehead atoms. The van der Waals surface area contributed by atoms with E-state index in [4.69, 9.17) is 9.47 Å². The van der Waals surface area contributed by atoms with Crippen LogP contribution in [0.15, 0.2) is 24.5 Å². The van der Waals surface area contributed by atoms with Gasteiger partial charge in [0.15, 0.2) is 11.5 Å². The molecule has 0 unspecified atom stereocenters. The zero-order valence-electron chi connectivity index (χ0n) is 16.4. The van der Waals surface area contributed by atoms with Gasteiger partial charge in [0.25, 0.3) is 5.69 Å². The first kappa shape index (κ1) is 19.2. The lowest BCUT2D eigenvalue weighted by molar-refractivity contribution is -0.384. The maximum absolute atomic E-state index is 11.6. The van der Waals surface area contributed by atoms with E-state index >= 15 is 0 Å². The number of methoxy groups -OCH3 is 2. The summed E-state index contributed by atoms with van der Waals surface area (Å²) in [5.41, 5.74) is 0.542. The minimum Gasteiger partial charge on any atom is -0.493 e. The Kier molecular flexibility index (Phi) is 5.10. The summed E-state index contributed by atoms with van der Waals surface area (Å²) in [6, 6.07) is 5.21. The lowest BCUT2D eigenvalue weighted by Crippen LogP contribution is -2.47. The number of nitro benzene ring substituents is 1. The second-order valence-electron chi connectivity index (χ2n) is 6.70. The summed E-state index contributed by atoms with van der Waals surface area (Å²) in [6.07, 6.45) is 1.60. The minimum absolute atomic E-state index is 0.00832. The molecule has 0 aliphatic carbocycles. The van der Waals surface area contributed by atoms with E-state index in [1.807, 2.05) is 4.90 Å². The van der Waals surface area contributed by atoms with Crippen molar-refractivity contribution in [3.05, 3.63) is 39.5 Å². The van der Waals surface area contributed by atoms with Crippen molar-refractivity contribution in [2.24, 2.45) is 0 Å². The molecule has 10 heteroatoms. The Bertz CT molecular complexity index is 1060. The summed E-state index contributed by atoms with van der Waals surface area (Å²) in [6.45, 7) is 4.72. The summed E-state index contributed by atoms with van der Waals surface area (Å²) >= 11 is 1.65. The van der Waals surface area contributed by atoms with Gasteiger partial charge >= 0.3 is 0 Å². The van der Waals surface area contributed by atoms with E-state index in [2.05, 4.69) is 27.9 Å². The molecule has 152 valence electrons. The SMILES string of the molecule is COc1cc(N2CCN(c3ncnc4sc(C)cc34)CC2)c([N+](=O)[O-])cc1OC. The van der Waals surface area contributed by atoms with Crippen molar-refractivity contribution in [3.8, 4) is 11.5 Å². The number of hydrogen-bond acceptors (Lipinski definition) is 9. The fraction of sp³-hybridized carbons (Fsp3) is 0.368. The summed E-state index contributed by atoms with van der Waals surface area (Å²) in [4.78, 5) is 26.5. The fourth-order valence-corrected chi connectivity index (χ4v) is 4.47. The van der Waals surface area contributed by atoms with Gasteiger partial charge < -0.3 is 19.3 Å². The molecule has 3 aromatic rings. The molecule has 1 aliphatic heterocycles. The van der Waals surface area contributed by atoms with Crippen molar-refractivity contribution in [1.29, 1.82) is 0 Å². The summed E-state index contributed by atoms with van der Waals surface area (Å²) in [5.74, 6) is 1.74. The van der Waals surface area contributed by atoms with Crippen LogP contribution in [0.4, 0.5) is 17.2 Å². The zero-order chi connectivity index (χ0) is 20.5. The Morgan fingerprint density at radius 1 is 1.03 bits per heavy atom. The van der Waals surface area contributed by atoms with Crippen LogP contribution >= 0.6 is 11.3 Å². The molecule has 0 atom stereocenters. The van der Waals surface area contributed by atoms with Crippen LogP contribution in [-0.4, -0.2) is 55.3 Å². The Morgan fingerprint density at radius 3 is 2.34 bits per heavy atom. The Labute approximate surface area is 171 Å². The molecule has 0 spiro atoms. The average molecular weight is 415 g/mol. The molecule has 9 nitrogen and oxygen atoms in total. The van der Waals surface area contributed by atoms with Crippen LogP contribution in [0.2, 0.25) is 0 Å². The van der Waals surface area contributed by atoms with Crippen molar-refractivity contribution in [2.45, 2.75) is 6.92 Å². The van der Waals surface area contributed by atoms with Gasteiger partial charge in [0, 0.05) is 37.1 Å². The molecule has 2 aromatic heterocycles. The van der Waals surface area contributed by atoms with E-state index in [9.17, 15) is 10.1 Å². The number of aromatic nitrogens is 2. The number of hydrogen-bond donors (Lipinski definition) is 0. The van der Waals surface area contributed by atoms with Gasteiger partial charge in [-0.2, -0.15) is 0 Å². The molecular formula is C19H21N5O4S. The van der Waals surface area contributed by atoms with Crippen molar-refractivity contribution < 1.29 is 14.4 Å². The first-order valence-corrected chi connectivity index (χ1v) is 9.95. The van der Waals surface area contributed by atoms with E-state index < -0.39 is 0 Å². The predicted octanol–water partition coefficient (Wildman–Crippen LogP) is 3.25. The number of nitrogens with zero attached hydrogens (tertiary/aromatic N) is 5. The van der Waals surface area contributed by atoms with Crippen molar-refractivity contribution in [1.82, 2.24) is 9.97 Å². The molecule has 1 aliphatic rings. The fourth-order valence-electron chi connectivity index (χ4n) is 3.63. The van der Waals surface area contributed by atoms with Crippen LogP contribution in [0, 0.1) is 17.0 Å². The average Bonchev–Trinajstić information content (AvgIpc) is 3.13. The summed E-state index contributed by atoms with van der Waals surface area (Å²) in [7, 11) is 2.99. The lowest BCUT2D eigenvalue weighted by Gasteiger charge is -2.36. The number of anilines is 2. The van der Waals surface area contributed by atoms with Gasteiger partial charge in [0.1, 0.15) is 22.7 Å². The Balaban J connectivity index is 1.60. The van der Waals surface area contributed by atoms with Gasteiger partial charge in [-0.1, -0.05) is 0 Å². The molecule has 1 fully saturated rings. The van der Waals surface area contributed by atoms with Gasteiger partial charge in [-0.3, -0.25) is 10.1 Å². The molecule has 0 N–H and O–H groups in total. The molecule has 29 heavy (non-hydrogen) atoms. The van der Waals surface area contributed by atoms with Crippen molar-refractivity contribution >= 4 is 38.7 Å². The maximum atomic E-state index is 11.6. The van der Waals surface area contributed by atoms with Gasteiger partial charge in [0.2, 0.25) is 0 Å². The highest BCUT2D eigenvalue weighted by atomic mass is 32.1. The molecule has 0 radical (unpaired) electrons. The predicted molar refractivity (Wildman–Crippen MR) is 113 cm³/mol. The first-order valence-electron chi connectivity index (χ1n) is 9.13. The van der Waals surface area contributed by atoms with E-state index in [1.54, 1.807) is 23.7 Å². The highest BCUT2D eigenvalue weighted by molar-refractivity contribution is 7.18. The van der Waals surface area contributed by atoms with Crippen LogP contribution in [0.5, 0.6) is 11.5 Å². The van der Waals surface area contributed by atoms with Crippen LogP contribution in [0.3, 0.4) is 0 Å². The van der Waals surface area contributed by atoms with Gasteiger partial charge in [-0.05, 0) is 13.0 Å². The molecule has 1 aromatic carbocycles. The summed E-state index contributed by atoms with van der Waals surface area (Å²) in [5, 5.41) is 12.7. The second kappa shape index (κ2) is 7.70. The van der Waals surface area contributed by atoms with E-state index in [0.717, 1.165) is 16.0 Å². The van der Waals surface area contributed by atoms with Crippen LogP contribution in [-0.2, 0) is 0 Å². The lowest BCUT2D eigenvalue weighted by atomic mass is 10.2. The molecule has 0 amide bonds. The van der Waals surface area contributed by atoms with Crippen molar-refractivity contribution in [2.75, 3.05) is 50.2 Å². The first-order chi connectivity index (χ1) is 14.0. The highest BCUT2D eigenvalue weighted by Crippen LogP contribution is 2.40. The third-order valence-corrected chi connectivity index (χ3v) is 5.99. The normalized spacial score (nSPS) is 14.3. The number of nitro groups is 1. The second-order valence-corrected chi connectivity index (χ2v) is 7.94. The molecule has 4 rings (SSSR count). The standard InChI is InChI=1S/C19H21N5O4S/c1-12-8-13-18(20-11-21-19(13)29-12)23-6-4-22(5-7-23)14-9-16(27-2)17(28-3)10-15(14)24(25)26/h8-11H,4-7H2,1-3H3. The molecule has 1 saturated heterocycles. The maximum Gasteiger partial charge on any atom is 0.296 e. The van der Waals surface area contributed by atoms with E-state index in [0.29, 0.717) is 43.4 Å². The highest BCUT2D eigenvalue weighted by Gasteiger charge is 2.27. The Morgan fingerprint density at radius 2 is 1.69 bits per heavy atom. The molecule has 0 saturated carbocycles. The minimum atomic E-state index is -0.383. The molecule has 3 heterocycles. The number of benzene rings is 1. The number of fused-ring (bicyclic) bond motifs is 1. The monoisotopic (exact) mass is 415 g/mol. The van der Waals surface area contributed by atoms with E-state index in [-0.39, 0.29) is 10.6 Å². The topological polar surface area (TPSA) is 93.9 Å². The third-order valence-electron chi connectivity index (χ3n) is 5.03. The summed E-state index contributed by atoms with van der Waals surface area (Å²) < 4.78 is 10.6. The Hall–Kier alpha value is -3.14. The smallest absolute Gasteiger partial charge is 0.296 e. The van der Waals surface area contributed by atoms with Crippen LogP contribution < -0.4 is 19.3 Å². The van der Waals surface area contributed by atoms with Crippen LogP contribution in [0.1, 0.15) is 4.88 Å². The third kappa shape index (κ3) is 3.51. The number of thiophene rings is 1.